The highest BCUT2D eigenvalue weighted by molar-refractivity contribution is 6.34. The van der Waals surface area contributed by atoms with Crippen molar-refractivity contribution in [1.29, 1.82) is 0 Å². The molecule has 0 fully saturated rings. The average molecular weight is 440 g/mol. The summed E-state index contributed by atoms with van der Waals surface area (Å²) in [6.45, 7) is 0.506. The Morgan fingerprint density at radius 3 is 2.58 bits per heavy atom. The third kappa shape index (κ3) is 5.93. The molecule has 0 bridgehead atoms. The van der Waals surface area contributed by atoms with Crippen molar-refractivity contribution < 1.29 is 14.4 Å². The second-order valence-corrected chi connectivity index (χ2v) is 7.44. The summed E-state index contributed by atoms with van der Waals surface area (Å²) in [7, 11) is 3.29. The summed E-state index contributed by atoms with van der Waals surface area (Å²) in [6.07, 6.45) is 5.35. The van der Waals surface area contributed by atoms with Gasteiger partial charge in [0.15, 0.2) is 0 Å². The first-order valence-corrected chi connectivity index (χ1v) is 9.89. The van der Waals surface area contributed by atoms with Gasteiger partial charge in [-0.05, 0) is 36.4 Å². The van der Waals surface area contributed by atoms with Crippen LogP contribution in [-0.2, 0) is 11.3 Å². The monoisotopic (exact) mass is 439 g/mol. The second-order valence-electron chi connectivity index (χ2n) is 7.03. The van der Waals surface area contributed by atoms with Crippen molar-refractivity contribution in [2.75, 3.05) is 24.7 Å². The number of aromatic nitrogens is 2. The highest BCUT2D eigenvalue weighted by atomic mass is 35.5. The van der Waals surface area contributed by atoms with Crippen molar-refractivity contribution in [3.8, 4) is 0 Å². The predicted molar refractivity (Wildman–Crippen MR) is 119 cm³/mol. The van der Waals surface area contributed by atoms with E-state index < -0.39 is 5.91 Å². The van der Waals surface area contributed by atoms with Gasteiger partial charge in [-0.1, -0.05) is 17.7 Å². The number of imidazole rings is 1. The molecule has 3 rings (SSSR count). The van der Waals surface area contributed by atoms with Gasteiger partial charge in [0.25, 0.3) is 11.8 Å². The van der Waals surface area contributed by atoms with Gasteiger partial charge >= 0.3 is 0 Å². The number of carbonyl (C=O) groups excluding carboxylic acids is 3. The average Bonchev–Trinajstić information content (AvgIpc) is 3.27. The van der Waals surface area contributed by atoms with E-state index in [4.69, 9.17) is 11.6 Å². The molecular formula is C22H22ClN5O3. The Bertz CT molecular complexity index is 1100. The third-order valence-corrected chi connectivity index (χ3v) is 4.76. The van der Waals surface area contributed by atoms with Gasteiger partial charge in [-0.15, -0.1) is 0 Å². The summed E-state index contributed by atoms with van der Waals surface area (Å²) >= 11 is 6.19. The molecule has 1 aromatic heterocycles. The Kier molecular flexibility index (Phi) is 7.04. The summed E-state index contributed by atoms with van der Waals surface area (Å²) in [5.41, 5.74) is 1.58. The number of aryl methyl sites for hydroxylation is 1. The van der Waals surface area contributed by atoms with Gasteiger partial charge in [0.05, 0.1) is 17.0 Å². The molecule has 0 aliphatic carbocycles. The molecule has 3 aromatic rings. The quantitative estimate of drug-likeness (QED) is 0.588. The van der Waals surface area contributed by atoms with Gasteiger partial charge < -0.3 is 20.1 Å². The molecule has 3 amide bonds. The molecule has 2 N–H and O–H groups in total. The van der Waals surface area contributed by atoms with E-state index in [9.17, 15) is 14.4 Å². The van der Waals surface area contributed by atoms with Gasteiger partial charge in [0.2, 0.25) is 5.91 Å². The molecule has 0 saturated carbocycles. The molecule has 160 valence electrons. The molecule has 0 saturated heterocycles. The topological polar surface area (TPSA) is 96.3 Å². The third-order valence-electron chi connectivity index (χ3n) is 4.43. The lowest BCUT2D eigenvalue weighted by atomic mass is 10.1. The van der Waals surface area contributed by atoms with Crippen LogP contribution < -0.4 is 10.6 Å². The van der Waals surface area contributed by atoms with Gasteiger partial charge in [0.1, 0.15) is 0 Å². The number of hydrogen-bond acceptors (Lipinski definition) is 4. The van der Waals surface area contributed by atoms with Crippen LogP contribution in [0.25, 0.3) is 0 Å². The number of hydrogen-bond donors (Lipinski definition) is 2. The smallest absolute Gasteiger partial charge is 0.255 e. The SMILES string of the molecule is CN(C)C(=O)c1ccc(Cl)c(NC(=O)c2cccc(NC(=O)CCn3ccnc3)c2)c1. The van der Waals surface area contributed by atoms with E-state index in [0.717, 1.165) is 0 Å². The highest BCUT2D eigenvalue weighted by Crippen LogP contribution is 2.24. The predicted octanol–water partition coefficient (Wildman–Crippen LogP) is 3.52. The van der Waals surface area contributed by atoms with Crippen LogP contribution in [0.5, 0.6) is 0 Å². The van der Waals surface area contributed by atoms with E-state index in [-0.39, 0.29) is 18.2 Å². The number of benzene rings is 2. The summed E-state index contributed by atoms with van der Waals surface area (Å²) in [4.78, 5) is 42.4. The molecule has 0 aliphatic heterocycles. The first-order valence-electron chi connectivity index (χ1n) is 9.51. The van der Waals surface area contributed by atoms with Crippen molar-refractivity contribution in [2.24, 2.45) is 0 Å². The minimum atomic E-state index is -0.411. The van der Waals surface area contributed by atoms with Crippen LogP contribution in [0.1, 0.15) is 27.1 Å². The summed E-state index contributed by atoms with van der Waals surface area (Å²) < 4.78 is 1.81. The van der Waals surface area contributed by atoms with Gasteiger partial charge in [-0.25, -0.2) is 4.98 Å². The van der Waals surface area contributed by atoms with Gasteiger partial charge in [0, 0.05) is 56.3 Å². The fourth-order valence-corrected chi connectivity index (χ4v) is 2.98. The molecule has 0 aliphatic rings. The summed E-state index contributed by atoms with van der Waals surface area (Å²) in [6, 6.07) is 11.3. The second kappa shape index (κ2) is 9.90. The van der Waals surface area contributed by atoms with E-state index in [0.29, 0.717) is 34.1 Å². The number of rotatable bonds is 7. The van der Waals surface area contributed by atoms with Crippen LogP contribution in [0.4, 0.5) is 11.4 Å². The standard InChI is InChI=1S/C22H22ClN5O3/c1-27(2)22(31)16-6-7-18(23)19(13-16)26-21(30)15-4-3-5-17(12-15)25-20(29)8-10-28-11-9-24-14-28/h3-7,9,11-14H,8,10H2,1-2H3,(H,25,29)(H,26,30). The summed E-state index contributed by atoms with van der Waals surface area (Å²) in [5.74, 6) is -0.789. The number of anilines is 2. The van der Waals surface area contributed by atoms with E-state index >= 15 is 0 Å². The summed E-state index contributed by atoms with van der Waals surface area (Å²) in [5, 5.41) is 5.82. The number of halogens is 1. The molecule has 31 heavy (non-hydrogen) atoms. The zero-order valence-corrected chi connectivity index (χ0v) is 17.9. The maximum Gasteiger partial charge on any atom is 0.255 e. The van der Waals surface area contributed by atoms with E-state index in [1.54, 1.807) is 69.2 Å². The number of amides is 3. The molecular weight excluding hydrogens is 418 g/mol. The van der Waals surface area contributed by atoms with Crippen LogP contribution in [0, 0.1) is 0 Å². The Labute approximate surface area is 184 Å². The lowest BCUT2D eigenvalue weighted by molar-refractivity contribution is -0.116. The largest absolute Gasteiger partial charge is 0.345 e. The fourth-order valence-electron chi connectivity index (χ4n) is 2.82. The van der Waals surface area contributed by atoms with Crippen LogP contribution in [0.15, 0.2) is 61.2 Å². The first-order chi connectivity index (χ1) is 14.8. The molecule has 2 aromatic carbocycles. The first kappa shape index (κ1) is 22.0. The van der Waals surface area contributed by atoms with Crippen molar-refractivity contribution in [2.45, 2.75) is 13.0 Å². The highest BCUT2D eigenvalue weighted by Gasteiger charge is 2.14. The van der Waals surface area contributed by atoms with Crippen LogP contribution in [-0.4, -0.2) is 46.3 Å². The fraction of sp³-hybridized carbons (Fsp3) is 0.182. The van der Waals surface area contributed by atoms with E-state index in [1.165, 1.54) is 11.0 Å². The van der Waals surface area contributed by atoms with Crippen molar-refractivity contribution in [3.05, 3.63) is 77.3 Å². The Hall–Kier alpha value is -3.65. The van der Waals surface area contributed by atoms with E-state index in [2.05, 4.69) is 15.6 Å². The van der Waals surface area contributed by atoms with Gasteiger partial charge in [-0.2, -0.15) is 0 Å². The van der Waals surface area contributed by atoms with Crippen molar-refractivity contribution >= 4 is 40.7 Å². The maximum absolute atomic E-state index is 12.7. The molecule has 0 spiro atoms. The Morgan fingerprint density at radius 2 is 1.87 bits per heavy atom. The van der Waals surface area contributed by atoms with Crippen molar-refractivity contribution in [3.63, 3.8) is 0 Å². The molecule has 0 atom stereocenters. The molecule has 8 nitrogen and oxygen atoms in total. The molecule has 1 heterocycles. The Morgan fingerprint density at radius 1 is 1.06 bits per heavy atom. The van der Waals surface area contributed by atoms with Gasteiger partial charge in [-0.3, -0.25) is 14.4 Å². The van der Waals surface area contributed by atoms with Crippen LogP contribution in [0.2, 0.25) is 5.02 Å². The zero-order valence-electron chi connectivity index (χ0n) is 17.1. The molecule has 9 heteroatoms. The molecule has 0 radical (unpaired) electrons. The number of carbonyl (C=O) groups is 3. The Balaban J connectivity index is 1.67. The van der Waals surface area contributed by atoms with Crippen molar-refractivity contribution in [1.82, 2.24) is 14.5 Å². The maximum atomic E-state index is 12.7. The zero-order chi connectivity index (χ0) is 22.4. The molecule has 0 unspecified atom stereocenters. The minimum absolute atomic E-state index is 0.177. The lowest BCUT2D eigenvalue weighted by Gasteiger charge is -2.13. The van der Waals surface area contributed by atoms with Crippen LogP contribution >= 0.6 is 11.6 Å². The number of nitrogens with one attached hydrogen (secondary N) is 2. The van der Waals surface area contributed by atoms with Crippen LogP contribution in [0.3, 0.4) is 0 Å². The number of nitrogens with zero attached hydrogens (tertiary/aromatic N) is 3. The van der Waals surface area contributed by atoms with E-state index in [1.807, 2.05) is 4.57 Å². The normalized spacial score (nSPS) is 10.4. The lowest BCUT2D eigenvalue weighted by Crippen LogP contribution is -2.22. The minimum Gasteiger partial charge on any atom is -0.345 e.